The van der Waals surface area contributed by atoms with Gasteiger partial charge < -0.3 is 5.73 Å². The number of aryl methyl sites for hydroxylation is 1. The molecule has 0 aromatic heterocycles. The number of allylic oxidation sites excluding steroid dienone is 1. The van der Waals surface area contributed by atoms with Crippen molar-refractivity contribution in [2.75, 3.05) is 0 Å². The van der Waals surface area contributed by atoms with Crippen molar-refractivity contribution < 1.29 is 0 Å². The van der Waals surface area contributed by atoms with Crippen LogP contribution in [0.25, 0.3) is 12.2 Å². The van der Waals surface area contributed by atoms with Gasteiger partial charge in [0.05, 0.1) is 0 Å². The van der Waals surface area contributed by atoms with Gasteiger partial charge in [-0.1, -0.05) is 49.4 Å². The molecule has 1 nitrogen and oxygen atoms in total. The molecule has 1 atom stereocenters. The first-order valence-electron chi connectivity index (χ1n) is 5.78. The summed E-state index contributed by atoms with van der Waals surface area (Å²) in [6.07, 6.45) is 5.07. The first-order valence-corrected chi connectivity index (χ1v) is 5.78. The van der Waals surface area contributed by atoms with Crippen molar-refractivity contribution >= 4 is 12.2 Å². The normalized spacial score (nSPS) is 15.2. The summed E-state index contributed by atoms with van der Waals surface area (Å²) in [6, 6.07) is 6.37. The second kappa shape index (κ2) is 5.66. The van der Waals surface area contributed by atoms with E-state index in [1.807, 2.05) is 13.0 Å². The highest BCUT2D eigenvalue weighted by Crippen LogP contribution is 2.04. The Morgan fingerprint density at radius 2 is 2.19 bits per heavy atom. The molecular weight excluding hydrogens is 194 g/mol. The van der Waals surface area contributed by atoms with Crippen molar-refractivity contribution in [1.82, 2.24) is 0 Å². The summed E-state index contributed by atoms with van der Waals surface area (Å²) in [5, 5.41) is 2.22. The van der Waals surface area contributed by atoms with Gasteiger partial charge in [0, 0.05) is 6.04 Å². The number of nitrogens with two attached hydrogens (primary N) is 1. The molecule has 1 rings (SSSR count). The minimum atomic E-state index is 0.0819. The fourth-order valence-corrected chi connectivity index (χ4v) is 1.77. The van der Waals surface area contributed by atoms with E-state index in [0.29, 0.717) is 0 Å². The zero-order valence-corrected chi connectivity index (χ0v) is 10.5. The molecule has 0 aliphatic heterocycles. The maximum absolute atomic E-state index is 6.14. The van der Waals surface area contributed by atoms with Crippen LogP contribution in [0.2, 0.25) is 0 Å². The molecule has 16 heavy (non-hydrogen) atoms. The molecule has 1 unspecified atom stereocenters. The van der Waals surface area contributed by atoms with Gasteiger partial charge in [-0.05, 0) is 36.3 Å². The van der Waals surface area contributed by atoms with Crippen molar-refractivity contribution in [2.24, 2.45) is 5.73 Å². The molecule has 0 radical (unpaired) electrons. The van der Waals surface area contributed by atoms with E-state index >= 15 is 0 Å². The molecule has 0 saturated heterocycles. The van der Waals surface area contributed by atoms with Crippen molar-refractivity contribution in [3.8, 4) is 0 Å². The lowest BCUT2D eigenvalue weighted by molar-refractivity contribution is 0.799. The van der Waals surface area contributed by atoms with E-state index in [0.717, 1.165) is 11.6 Å². The van der Waals surface area contributed by atoms with E-state index in [4.69, 9.17) is 5.73 Å². The molecule has 0 bridgehead atoms. The van der Waals surface area contributed by atoms with Crippen LogP contribution in [-0.2, 0) is 0 Å². The van der Waals surface area contributed by atoms with Crippen molar-refractivity contribution in [3.63, 3.8) is 0 Å². The Morgan fingerprint density at radius 3 is 2.75 bits per heavy atom. The third-order valence-electron chi connectivity index (χ3n) is 2.76. The lowest BCUT2D eigenvalue weighted by Gasteiger charge is -2.11. The van der Waals surface area contributed by atoms with Crippen LogP contribution in [0.4, 0.5) is 0 Å². The SMILES string of the molecule is C=c1ccc(C)c/c1=C(/C=C\C)C(N)CC. The van der Waals surface area contributed by atoms with Crippen molar-refractivity contribution in [2.45, 2.75) is 33.2 Å². The van der Waals surface area contributed by atoms with Crippen LogP contribution in [0.3, 0.4) is 0 Å². The van der Waals surface area contributed by atoms with Crippen LogP contribution in [0.5, 0.6) is 0 Å². The highest BCUT2D eigenvalue weighted by Gasteiger charge is 2.04. The van der Waals surface area contributed by atoms with Gasteiger partial charge in [0.2, 0.25) is 0 Å². The van der Waals surface area contributed by atoms with E-state index < -0.39 is 0 Å². The monoisotopic (exact) mass is 215 g/mol. The fourth-order valence-electron chi connectivity index (χ4n) is 1.77. The molecule has 86 valence electrons. The van der Waals surface area contributed by atoms with Crippen LogP contribution < -0.4 is 16.2 Å². The molecule has 0 aliphatic carbocycles. The van der Waals surface area contributed by atoms with Gasteiger partial charge >= 0.3 is 0 Å². The number of rotatable bonds is 3. The lowest BCUT2D eigenvalue weighted by atomic mass is 10.00. The third kappa shape index (κ3) is 2.83. The molecular formula is C15H21N. The predicted octanol–water partition coefficient (Wildman–Crippen LogP) is 1.87. The van der Waals surface area contributed by atoms with Crippen molar-refractivity contribution in [1.29, 1.82) is 0 Å². The third-order valence-corrected chi connectivity index (χ3v) is 2.76. The highest BCUT2D eigenvalue weighted by molar-refractivity contribution is 5.61. The minimum absolute atomic E-state index is 0.0819. The van der Waals surface area contributed by atoms with Gasteiger partial charge in [0.1, 0.15) is 0 Å². The van der Waals surface area contributed by atoms with Gasteiger partial charge in [-0.2, -0.15) is 0 Å². The Bertz CT molecular complexity index is 483. The number of benzene rings is 1. The second-order valence-corrected chi connectivity index (χ2v) is 4.13. The van der Waals surface area contributed by atoms with Gasteiger partial charge in [-0.3, -0.25) is 0 Å². The Labute approximate surface area is 98.0 Å². The van der Waals surface area contributed by atoms with Gasteiger partial charge in [-0.25, -0.2) is 0 Å². The fraction of sp³-hybridized carbons (Fsp3) is 0.333. The molecule has 0 spiro atoms. The Morgan fingerprint density at radius 1 is 1.50 bits per heavy atom. The van der Waals surface area contributed by atoms with Gasteiger partial charge in [0.15, 0.2) is 0 Å². The summed E-state index contributed by atoms with van der Waals surface area (Å²) in [7, 11) is 0. The molecule has 2 N–H and O–H groups in total. The van der Waals surface area contributed by atoms with Crippen molar-refractivity contribution in [3.05, 3.63) is 46.4 Å². The maximum Gasteiger partial charge on any atom is 0.0298 e. The average molecular weight is 215 g/mol. The van der Waals surface area contributed by atoms with Crippen LogP contribution in [0.15, 0.2) is 30.4 Å². The Kier molecular flexibility index (Phi) is 4.51. The lowest BCUT2D eigenvalue weighted by Crippen LogP contribution is -2.33. The number of hydrogen-bond donors (Lipinski definition) is 1. The standard InChI is InChI=1S/C15H21N/c1-5-7-13(15(16)6-2)14-10-11(3)8-9-12(14)4/h5,7-10,15H,4,6,16H2,1-3H3/b7-5-,14-13+. The number of hydrogen-bond acceptors (Lipinski definition) is 1. The molecule has 1 aromatic carbocycles. The van der Waals surface area contributed by atoms with Gasteiger partial charge in [-0.15, -0.1) is 0 Å². The molecule has 1 heteroatoms. The first-order chi connectivity index (χ1) is 7.60. The maximum atomic E-state index is 6.14. The molecule has 0 amide bonds. The van der Waals surface area contributed by atoms with E-state index in [9.17, 15) is 0 Å². The zero-order valence-electron chi connectivity index (χ0n) is 10.5. The van der Waals surface area contributed by atoms with E-state index in [1.54, 1.807) is 0 Å². The van der Waals surface area contributed by atoms with Crippen LogP contribution in [0, 0.1) is 6.92 Å². The second-order valence-electron chi connectivity index (χ2n) is 4.13. The first kappa shape index (κ1) is 12.7. The summed E-state index contributed by atoms with van der Waals surface area (Å²) < 4.78 is 0. The largest absolute Gasteiger partial charge is 0.324 e. The summed E-state index contributed by atoms with van der Waals surface area (Å²) in [5.41, 5.74) is 8.56. The molecule has 0 fully saturated rings. The molecule has 0 saturated carbocycles. The van der Waals surface area contributed by atoms with Crippen LogP contribution in [-0.4, -0.2) is 6.04 Å². The summed E-state index contributed by atoms with van der Waals surface area (Å²) in [4.78, 5) is 0. The summed E-state index contributed by atoms with van der Waals surface area (Å²) in [6.45, 7) is 10.3. The Balaban J connectivity index is 3.57. The molecule has 0 heterocycles. The minimum Gasteiger partial charge on any atom is -0.324 e. The topological polar surface area (TPSA) is 26.0 Å². The quantitative estimate of drug-likeness (QED) is 0.818. The van der Waals surface area contributed by atoms with Gasteiger partial charge in [0.25, 0.3) is 0 Å². The zero-order chi connectivity index (χ0) is 12.1. The molecule has 0 aliphatic rings. The smallest absolute Gasteiger partial charge is 0.0298 e. The van der Waals surface area contributed by atoms with E-state index in [1.165, 1.54) is 16.4 Å². The molecule has 1 aromatic rings. The van der Waals surface area contributed by atoms with E-state index in [2.05, 4.69) is 44.7 Å². The Hall–Kier alpha value is -1.34. The highest BCUT2D eigenvalue weighted by atomic mass is 14.6. The summed E-state index contributed by atoms with van der Waals surface area (Å²) in [5.74, 6) is 0. The van der Waals surface area contributed by atoms with Crippen LogP contribution >= 0.6 is 0 Å². The average Bonchev–Trinajstić information content (AvgIpc) is 2.28. The van der Waals surface area contributed by atoms with E-state index in [-0.39, 0.29) is 6.04 Å². The summed E-state index contributed by atoms with van der Waals surface area (Å²) >= 11 is 0. The predicted molar refractivity (Wildman–Crippen MR) is 72.4 cm³/mol. The van der Waals surface area contributed by atoms with Crippen LogP contribution in [0.1, 0.15) is 25.8 Å².